The van der Waals surface area contributed by atoms with Crippen molar-refractivity contribution >= 4 is 17.6 Å². The molecule has 0 spiro atoms. The van der Waals surface area contributed by atoms with E-state index >= 15 is 0 Å². The molecule has 5 heteroatoms. The van der Waals surface area contributed by atoms with Gasteiger partial charge in [0.05, 0.1) is 6.61 Å². The van der Waals surface area contributed by atoms with Gasteiger partial charge in [-0.1, -0.05) is 54.6 Å². The highest BCUT2D eigenvalue weighted by Crippen LogP contribution is 2.26. The number of amides is 1. The molecule has 0 heterocycles. The first kappa shape index (κ1) is 21.1. The lowest BCUT2D eigenvalue weighted by atomic mass is 10.1. The third-order valence-electron chi connectivity index (χ3n) is 4.62. The molecule has 0 aliphatic carbocycles. The Morgan fingerprint density at radius 1 is 0.933 bits per heavy atom. The Labute approximate surface area is 176 Å². The Morgan fingerprint density at radius 2 is 1.63 bits per heavy atom. The van der Waals surface area contributed by atoms with Crippen LogP contribution in [0.4, 0.5) is 5.69 Å². The summed E-state index contributed by atoms with van der Waals surface area (Å²) in [5.74, 6) is -0.618. The van der Waals surface area contributed by atoms with Crippen LogP contribution >= 0.6 is 0 Å². The predicted octanol–water partition coefficient (Wildman–Crippen LogP) is 5.24. The minimum absolute atomic E-state index is 0.278. The van der Waals surface area contributed by atoms with Gasteiger partial charge in [0.1, 0.15) is 11.3 Å². The molecule has 1 N–H and O–H groups in total. The maximum atomic E-state index is 13.1. The summed E-state index contributed by atoms with van der Waals surface area (Å²) in [7, 11) is 0. The molecule has 3 aromatic rings. The number of aryl methyl sites for hydroxylation is 2. The Kier molecular flexibility index (Phi) is 6.86. The number of carbonyl (C=O) groups is 2. The van der Waals surface area contributed by atoms with Crippen LogP contribution in [0.25, 0.3) is 0 Å². The van der Waals surface area contributed by atoms with Gasteiger partial charge in [-0.3, -0.25) is 4.79 Å². The fraction of sp³-hybridized carbons (Fsp3) is 0.200. The van der Waals surface area contributed by atoms with Crippen LogP contribution in [0.3, 0.4) is 0 Å². The van der Waals surface area contributed by atoms with Crippen molar-refractivity contribution in [1.82, 2.24) is 0 Å². The van der Waals surface area contributed by atoms with Crippen LogP contribution in [-0.2, 0) is 9.53 Å². The van der Waals surface area contributed by atoms with Gasteiger partial charge in [-0.05, 0) is 50.1 Å². The Morgan fingerprint density at radius 3 is 2.37 bits per heavy atom. The van der Waals surface area contributed by atoms with E-state index in [0.29, 0.717) is 23.6 Å². The molecule has 1 atom stereocenters. The maximum Gasteiger partial charge on any atom is 0.343 e. The molecule has 5 nitrogen and oxygen atoms in total. The van der Waals surface area contributed by atoms with Crippen LogP contribution in [-0.4, -0.2) is 18.5 Å². The standard InChI is InChI=1S/C25H25NO4/c1-4-29-22-13-9-8-12-20(22)25(28)30-23(19-10-6-5-7-11-19)24(27)26-21-16-17(2)14-15-18(21)3/h5-16,23H,4H2,1-3H3,(H,26,27)/t23-/m1/s1. The Balaban J connectivity index is 1.89. The summed E-state index contributed by atoms with van der Waals surface area (Å²) in [6, 6.07) is 21.6. The first-order valence-corrected chi connectivity index (χ1v) is 9.85. The number of hydrogen-bond donors (Lipinski definition) is 1. The lowest BCUT2D eigenvalue weighted by Gasteiger charge is -2.20. The van der Waals surface area contributed by atoms with Crippen LogP contribution in [0, 0.1) is 13.8 Å². The van der Waals surface area contributed by atoms with Gasteiger partial charge in [-0.15, -0.1) is 0 Å². The van der Waals surface area contributed by atoms with Gasteiger partial charge < -0.3 is 14.8 Å². The van der Waals surface area contributed by atoms with Gasteiger partial charge in [0, 0.05) is 11.3 Å². The van der Waals surface area contributed by atoms with Crippen molar-refractivity contribution in [1.29, 1.82) is 0 Å². The molecule has 154 valence electrons. The van der Waals surface area contributed by atoms with Gasteiger partial charge in [0.25, 0.3) is 5.91 Å². The molecule has 3 aromatic carbocycles. The molecule has 0 unspecified atom stereocenters. The zero-order valence-corrected chi connectivity index (χ0v) is 17.3. The molecule has 0 fully saturated rings. The van der Waals surface area contributed by atoms with Crippen molar-refractivity contribution < 1.29 is 19.1 Å². The van der Waals surface area contributed by atoms with E-state index in [-0.39, 0.29) is 5.56 Å². The SMILES string of the molecule is CCOc1ccccc1C(=O)O[C@@H](C(=O)Nc1cc(C)ccc1C)c1ccccc1. The zero-order chi connectivity index (χ0) is 21.5. The second-order valence-electron chi connectivity index (χ2n) is 6.93. The third-order valence-corrected chi connectivity index (χ3v) is 4.62. The summed E-state index contributed by atoms with van der Waals surface area (Å²) in [6.45, 7) is 6.12. The van der Waals surface area contributed by atoms with Crippen molar-refractivity contribution in [2.75, 3.05) is 11.9 Å². The summed E-state index contributed by atoms with van der Waals surface area (Å²) in [6.07, 6.45) is -1.10. The highest BCUT2D eigenvalue weighted by Gasteiger charge is 2.27. The number of anilines is 1. The van der Waals surface area contributed by atoms with E-state index in [1.54, 1.807) is 48.5 Å². The van der Waals surface area contributed by atoms with Gasteiger partial charge in [-0.25, -0.2) is 4.79 Å². The monoisotopic (exact) mass is 403 g/mol. The first-order chi connectivity index (χ1) is 14.5. The molecular weight excluding hydrogens is 378 g/mol. The maximum absolute atomic E-state index is 13.1. The second kappa shape index (κ2) is 9.74. The Hall–Kier alpha value is -3.60. The third kappa shape index (κ3) is 5.06. The number of ether oxygens (including phenoxy) is 2. The average Bonchev–Trinajstić information content (AvgIpc) is 2.75. The normalized spacial score (nSPS) is 11.4. The van der Waals surface area contributed by atoms with Gasteiger partial charge >= 0.3 is 5.97 Å². The average molecular weight is 403 g/mol. The van der Waals surface area contributed by atoms with Crippen LogP contribution in [0.2, 0.25) is 0 Å². The smallest absolute Gasteiger partial charge is 0.343 e. The number of benzene rings is 3. The van der Waals surface area contributed by atoms with Crippen LogP contribution in [0.15, 0.2) is 72.8 Å². The largest absolute Gasteiger partial charge is 0.493 e. The summed E-state index contributed by atoms with van der Waals surface area (Å²) < 4.78 is 11.2. The molecule has 0 radical (unpaired) electrons. The second-order valence-corrected chi connectivity index (χ2v) is 6.93. The van der Waals surface area contributed by atoms with Crippen LogP contribution in [0.1, 0.15) is 40.1 Å². The molecule has 3 rings (SSSR count). The first-order valence-electron chi connectivity index (χ1n) is 9.85. The summed E-state index contributed by atoms with van der Waals surface area (Å²) in [5, 5.41) is 2.90. The molecule has 1 amide bonds. The number of carbonyl (C=O) groups excluding carboxylic acids is 2. The minimum atomic E-state index is -1.10. The fourth-order valence-electron chi connectivity index (χ4n) is 3.06. The van der Waals surface area contributed by atoms with Crippen LogP contribution in [0.5, 0.6) is 5.75 Å². The van der Waals surface area contributed by atoms with E-state index in [2.05, 4.69) is 5.32 Å². The van der Waals surface area contributed by atoms with Crippen molar-refractivity contribution in [2.45, 2.75) is 26.9 Å². The molecule has 0 saturated heterocycles. The lowest BCUT2D eigenvalue weighted by Crippen LogP contribution is -2.26. The lowest BCUT2D eigenvalue weighted by molar-refractivity contribution is -0.125. The molecular formula is C25H25NO4. The topological polar surface area (TPSA) is 64.6 Å². The number of rotatable bonds is 7. The zero-order valence-electron chi connectivity index (χ0n) is 17.3. The molecule has 0 aliphatic rings. The van der Waals surface area contributed by atoms with Crippen molar-refractivity contribution in [2.24, 2.45) is 0 Å². The molecule has 0 saturated carbocycles. The number of nitrogens with one attached hydrogen (secondary N) is 1. The molecule has 0 aliphatic heterocycles. The van der Waals surface area contributed by atoms with E-state index in [1.807, 2.05) is 45.0 Å². The molecule has 0 aromatic heterocycles. The number of esters is 1. The van der Waals surface area contributed by atoms with E-state index in [4.69, 9.17) is 9.47 Å². The van der Waals surface area contributed by atoms with Gasteiger partial charge in [-0.2, -0.15) is 0 Å². The van der Waals surface area contributed by atoms with Crippen molar-refractivity contribution in [3.05, 3.63) is 95.1 Å². The van der Waals surface area contributed by atoms with Gasteiger partial charge in [0.15, 0.2) is 0 Å². The highest BCUT2D eigenvalue weighted by atomic mass is 16.6. The quantitative estimate of drug-likeness (QED) is 0.548. The van der Waals surface area contributed by atoms with E-state index in [1.165, 1.54) is 0 Å². The van der Waals surface area contributed by atoms with Crippen LogP contribution < -0.4 is 10.1 Å². The molecule has 0 bridgehead atoms. The fourth-order valence-corrected chi connectivity index (χ4v) is 3.06. The number of para-hydroxylation sites is 1. The minimum Gasteiger partial charge on any atom is -0.493 e. The van der Waals surface area contributed by atoms with Gasteiger partial charge in [0.2, 0.25) is 6.10 Å². The summed E-state index contributed by atoms with van der Waals surface area (Å²) >= 11 is 0. The molecule has 30 heavy (non-hydrogen) atoms. The van der Waals surface area contributed by atoms with E-state index in [0.717, 1.165) is 11.1 Å². The predicted molar refractivity (Wildman–Crippen MR) is 117 cm³/mol. The summed E-state index contributed by atoms with van der Waals surface area (Å²) in [5.41, 5.74) is 3.50. The van der Waals surface area contributed by atoms with Crippen molar-refractivity contribution in [3.63, 3.8) is 0 Å². The number of hydrogen-bond acceptors (Lipinski definition) is 4. The van der Waals surface area contributed by atoms with E-state index in [9.17, 15) is 9.59 Å². The Bertz CT molecular complexity index is 1030. The van der Waals surface area contributed by atoms with E-state index < -0.39 is 18.0 Å². The van der Waals surface area contributed by atoms with Crippen molar-refractivity contribution in [3.8, 4) is 5.75 Å². The summed E-state index contributed by atoms with van der Waals surface area (Å²) in [4.78, 5) is 26.1. The highest BCUT2D eigenvalue weighted by molar-refractivity contribution is 5.99.